The number of carbonyl (C=O) groups excluding carboxylic acids is 1. The Morgan fingerprint density at radius 3 is 2.74 bits per heavy atom. The van der Waals surface area contributed by atoms with Crippen molar-refractivity contribution in [3.05, 3.63) is 58.4 Å². The van der Waals surface area contributed by atoms with Gasteiger partial charge in [-0.05, 0) is 25.1 Å². The number of amides is 1. The first-order valence-electron chi connectivity index (χ1n) is 9.93. The summed E-state index contributed by atoms with van der Waals surface area (Å²) in [6.07, 6.45) is 1.32. The number of H-pyrrole nitrogens is 2. The van der Waals surface area contributed by atoms with E-state index in [0.29, 0.717) is 36.5 Å². The summed E-state index contributed by atoms with van der Waals surface area (Å²) in [5.41, 5.74) is 0.420. The predicted octanol–water partition coefficient (Wildman–Crippen LogP) is 0.934. The van der Waals surface area contributed by atoms with Gasteiger partial charge in [-0.3, -0.25) is 9.59 Å². The second-order valence-corrected chi connectivity index (χ2v) is 9.05. The first-order chi connectivity index (χ1) is 14.9. The molecule has 2 N–H and O–H groups in total. The third-order valence-electron chi connectivity index (χ3n) is 5.17. The van der Waals surface area contributed by atoms with Crippen molar-refractivity contribution in [2.75, 3.05) is 32.8 Å². The number of aromatic nitrogens is 3. The SMILES string of the molecule is CCN(Cc1nc2ccccc2c(=O)[nH]1)C(=O)c1cc(S(=O)(=O)N2CCOCC2)c[nH]1. The number of nitrogens with zero attached hydrogens (tertiary/aromatic N) is 3. The van der Waals surface area contributed by atoms with Crippen LogP contribution in [0.4, 0.5) is 0 Å². The minimum Gasteiger partial charge on any atom is -0.379 e. The Bertz CT molecular complexity index is 1260. The van der Waals surface area contributed by atoms with Crippen LogP contribution in [0.25, 0.3) is 10.9 Å². The van der Waals surface area contributed by atoms with E-state index in [-0.39, 0.29) is 41.7 Å². The molecule has 0 atom stereocenters. The maximum Gasteiger partial charge on any atom is 0.270 e. The summed E-state index contributed by atoms with van der Waals surface area (Å²) in [6.45, 7) is 3.47. The Labute approximate surface area is 178 Å². The van der Waals surface area contributed by atoms with E-state index in [0.717, 1.165) is 0 Å². The van der Waals surface area contributed by atoms with Crippen LogP contribution in [-0.4, -0.2) is 71.3 Å². The number of para-hydroxylation sites is 1. The standard InChI is InChI=1S/C20H23N5O5S/c1-2-24(13-18-22-16-6-4-3-5-15(16)19(26)23-18)20(27)17-11-14(12-21-17)31(28,29)25-7-9-30-10-8-25/h3-6,11-12,21H,2,7-10,13H2,1H3,(H,22,23,26). The average molecular weight is 446 g/mol. The summed E-state index contributed by atoms with van der Waals surface area (Å²) in [7, 11) is -3.70. The van der Waals surface area contributed by atoms with E-state index in [1.165, 1.54) is 21.5 Å². The fraction of sp³-hybridized carbons (Fsp3) is 0.350. The Morgan fingerprint density at radius 1 is 1.26 bits per heavy atom. The summed E-state index contributed by atoms with van der Waals surface area (Å²) in [5, 5.41) is 0.475. The average Bonchev–Trinajstić information content (AvgIpc) is 3.29. The van der Waals surface area contributed by atoms with Gasteiger partial charge in [0.1, 0.15) is 16.4 Å². The van der Waals surface area contributed by atoms with Gasteiger partial charge < -0.3 is 19.6 Å². The number of aromatic amines is 2. The molecule has 0 unspecified atom stereocenters. The second kappa shape index (κ2) is 8.61. The van der Waals surface area contributed by atoms with E-state index < -0.39 is 10.0 Å². The highest BCUT2D eigenvalue weighted by molar-refractivity contribution is 7.89. The Kier molecular flexibility index (Phi) is 5.90. The summed E-state index contributed by atoms with van der Waals surface area (Å²) >= 11 is 0. The number of nitrogens with one attached hydrogen (secondary N) is 2. The number of sulfonamides is 1. The minimum absolute atomic E-state index is 0.0334. The molecule has 2 aromatic heterocycles. The maximum absolute atomic E-state index is 13.0. The molecule has 1 aromatic carbocycles. The van der Waals surface area contributed by atoms with E-state index in [2.05, 4.69) is 15.0 Å². The Balaban J connectivity index is 1.55. The van der Waals surface area contributed by atoms with Gasteiger partial charge in [-0.15, -0.1) is 0 Å². The minimum atomic E-state index is -3.70. The van der Waals surface area contributed by atoms with Crippen LogP contribution >= 0.6 is 0 Å². The summed E-state index contributed by atoms with van der Waals surface area (Å²) in [6, 6.07) is 8.31. The summed E-state index contributed by atoms with van der Waals surface area (Å²) in [5.74, 6) is -0.0339. The molecule has 31 heavy (non-hydrogen) atoms. The van der Waals surface area contributed by atoms with Crippen LogP contribution in [0.15, 0.2) is 46.2 Å². The molecular weight excluding hydrogens is 422 g/mol. The summed E-state index contributed by atoms with van der Waals surface area (Å²) < 4.78 is 32.1. The van der Waals surface area contributed by atoms with Crippen molar-refractivity contribution in [3.63, 3.8) is 0 Å². The van der Waals surface area contributed by atoms with Gasteiger partial charge in [-0.2, -0.15) is 4.31 Å². The van der Waals surface area contributed by atoms with Gasteiger partial charge >= 0.3 is 0 Å². The number of ether oxygens (including phenoxy) is 1. The maximum atomic E-state index is 13.0. The number of morpholine rings is 1. The van der Waals surface area contributed by atoms with Gasteiger partial charge in [0, 0.05) is 25.8 Å². The molecular formula is C20H23N5O5S. The molecule has 0 radical (unpaired) electrons. The van der Waals surface area contributed by atoms with Gasteiger partial charge in [0.15, 0.2) is 0 Å². The Hall–Kier alpha value is -3.02. The molecule has 0 aliphatic carbocycles. The molecule has 1 saturated heterocycles. The molecule has 164 valence electrons. The van der Waals surface area contributed by atoms with Crippen LogP contribution < -0.4 is 5.56 Å². The highest BCUT2D eigenvalue weighted by Crippen LogP contribution is 2.19. The van der Waals surface area contributed by atoms with E-state index in [1.807, 2.05) is 0 Å². The van der Waals surface area contributed by atoms with Gasteiger partial charge in [0.25, 0.3) is 11.5 Å². The van der Waals surface area contributed by atoms with Crippen LogP contribution in [0.1, 0.15) is 23.2 Å². The van der Waals surface area contributed by atoms with Crippen LogP contribution in [0, 0.1) is 0 Å². The smallest absolute Gasteiger partial charge is 0.270 e. The van der Waals surface area contributed by atoms with Gasteiger partial charge in [0.2, 0.25) is 10.0 Å². The zero-order chi connectivity index (χ0) is 22.0. The Morgan fingerprint density at radius 2 is 2.00 bits per heavy atom. The zero-order valence-corrected chi connectivity index (χ0v) is 17.8. The van der Waals surface area contributed by atoms with Crippen molar-refractivity contribution < 1.29 is 17.9 Å². The molecule has 3 heterocycles. The molecule has 11 heteroatoms. The number of hydrogen-bond donors (Lipinski definition) is 2. The molecule has 1 fully saturated rings. The van der Waals surface area contributed by atoms with Crippen molar-refractivity contribution in [1.29, 1.82) is 0 Å². The lowest BCUT2D eigenvalue weighted by atomic mass is 10.2. The second-order valence-electron chi connectivity index (χ2n) is 7.11. The zero-order valence-electron chi connectivity index (χ0n) is 17.0. The topological polar surface area (TPSA) is 128 Å². The number of rotatable bonds is 6. The van der Waals surface area contributed by atoms with Crippen molar-refractivity contribution in [3.8, 4) is 0 Å². The van der Waals surface area contributed by atoms with Crippen molar-refractivity contribution >= 4 is 26.8 Å². The molecule has 1 aliphatic rings. The number of carbonyl (C=O) groups is 1. The van der Waals surface area contributed by atoms with Crippen molar-refractivity contribution in [1.82, 2.24) is 24.2 Å². The van der Waals surface area contributed by atoms with E-state index in [9.17, 15) is 18.0 Å². The largest absolute Gasteiger partial charge is 0.379 e. The summed E-state index contributed by atoms with van der Waals surface area (Å²) in [4.78, 5) is 36.7. The predicted molar refractivity (Wildman–Crippen MR) is 113 cm³/mol. The van der Waals surface area contributed by atoms with E-state index >= 15 is 0 Å². The normalized spacial score (nSPS) is 15.3. The molecule has 3 aromatic rings. The molecule has 10 nitrogen and oxygen atoms in total. The van der Waals surface area contributed by atoms with Crippen molar-refractivity contribution in [2.24, 2.45) is 0 Å². The molecule has 0 saturated carbocycles. The van der Waals surface area contributed by atoms with Gasteiger partial charge in [-0.25, -0.2) is 13.4 Å². The molecule has 1 amide bonds. The number of benzene rings is 1. The lowest BCUT2D eigenvalue weighted by Gasteiger charge is -2.25. The van der Waals surface area contributed by atoms with Crippen LogP contribution in [0.3, 0.4) is 0 Å². The van der Waals surface area contributed by atoms with E-state index in [4.69, 9.17) is 4.74 Å². The first-order valence-corrected chi connectivity index (χ1v) is 11.4. The lowest BCUT2D eigenvalue weighted by molar-refractivity contribution is 0.0729. The third kappa shape index (κ3) is 4.24. The van der Waals surface area contributed by atoms with Crippen LogP contribution in [0.5, 0.6) is 0 Å². The fourth-order valence-electron chi connectivity index (χ4n) is 3.47. The van der Waals surface area contributed by atoms with Gasteiger partial charge in [-0.1, -0.05) is 12.1 Å². The lowest BCUT2D eigenvalue weighted by Crippen LogP contribution is -2.40. The number of fused-ring (bicyclic) bond motifs is 1. The monoisotopic (exact) mass is 445 g/mol. The molecule has 1 aliphatic heterocycles. The first kappa shape index (κ1) is 21.2. The molecule has 0 spiro atoms. The van der Waals surface area contributed by atoms with Gasteiger partial charge in [0.05, 0.1) is 30.7 Å². The third-order valence-corrected chi connectivity index (χ3v) is 7.04. The van der Waals surface area contributed by atoms with Crippen molar-refractivity contribution in [2.45, 2.75) is 18.4 Å². The molecule has 4 rings (SSSR count). The fourth-order valence-corrected chi connectivity index (χ4v) is 4.87. The highest BCUT2D eigenvalue weighted by atomic mass is 32.2. The van der Waals surface area contributed by atoms with Crippen LogP contribution in [-0.2, 0) is 21.3 Å². The van der Waals surface area contributed by atoms with E-state index in [1.54, 1.807) is 31.2 Å². The number of hydrogen-bond acceptors (Lipinski definition) is 6. The molecule has 0 bridgehead atoms. The van der Waals surface area contributed by atoms with Crippen LogP contribution in [0.2, 0.25) is 0 Å². The highest BCUT2D eigenvalue weighted by Gasteiger charge is 2.28. The quantitative estimate of drug-likeness (QED) is 0.581.